The predicted octanol–water partition coefficient (Wildman–Crippen LogP) is 2.04. The van der Waals surface area contributed by atoms with E-state index in [1.165, 1.54) is 6.33 Å². The average Bonchev–Trinajstić information content (AvgIpc) is 3.17. The molecule has 0 saturated carbocycles. The molecule has 2 N–H and O–H groups in total. The first-order valence-electron chi connectivity index (χ1n) is 6.86. The van der Waals surface area contributed by atoms with Crippen molar-refractivity contribution in [2.45, 2.75) is 25.2 Å². The molecule has 0 spiro atoms. The van der Waals surface area contributed by atoms with Crippen molar-refractivity contribution in [3.05, 3.63) is 42.7 Å². The number of anilines is 1. The van der Waals surface area contributed by atoms with Gasteiger partial charge in [-0.15, -0.1) is 0 Å². The van der Waals surface area contributed by atoms with E-state index in [1.54, 1.807) is 12.5 Å². The summed E-state index contributed by atoms with van der Waals surface area (Å²) < 4.78 is 6.03. The molecular weight excluding hydrogens is 268 g/mol. The number of hydrogen-bond acceptors (Lipinski definition) is 6. The number of pyridine rings is 1. The standard InChI is InChI=1S/C14H14N6O/c1-2-9(6-15-5-1)10-3-4-11(21-10)20-14-12-13(17-7-16-12)18-8-19-14/h1-2,5-8,10-11H,3-4H2,(H2,16,17,18,19,20). The van der Waals surface area contributed by atoms with Gasteiger partial charge in [-0.3, -0.25) is 4.98 Å². The van der Waals surface area contributed by atoms with Gasteiger partial charge in [0.1, 0.15) is 18.1 Å². The summed E-state index contributed by atoms with van der Waals surface area (Å²) in [6.45, 7) is 0. The van der Waals surface area contributed by atoms with Crippen LogP contribution in [0.4, 0.5) is 5.82 Å². The van der Waals surface area contributed by atoms with E-state index < -0.39 is 0 Å². The largest absolute Gasteiger partial charge is 0.351 e. The number of rotatable bonds is 3. The molecule has 1 saturated heterocycles. The third kappa shape index (κ3) is 2.31. The Balaban J connectivity index is 1.50. The van der Waals surface area contributed by atoms with Crippen LogP contribution in [0.2, 0.25) is 0 Å². The number of fused-ring (bicyclic) bond motifs is 1. The fraction of sp³-hybridized carbons (Fsp3) is 0.286. The number of imidazole rings is 1. The van der Waals surface area contributed by atoms with E-state index >= 15 is 0 Å². The van der Waals surface area contributed by atoms with Crippen molar-refractivity contribution in [2.75, 3.05) is 5.32 Å². The van der Waals surface area contributed by atoms with Crippen molar-refractivity contribution in [3.8, 4) is 0 Å². The van der Waals surface area contributed by atoms with Gasteiger partial charge in [-0.1, -0.05) is 6.07 Å². The summed E-state index contributed by atoms with van der Waals surface area (Å²) in [5.74, 6) is 0.717. The van der Waals surface area contributed by atoms with Gasteiger partial charge in [-0.2, -0.15) is 0 Å². The number of H-pyrrole nitrogens is 1. The van der Waals surface area contributed by atoms with Gasteiger partial charge in [0.2, 0.25) is 0 Å². The van der Waals surface area contributed by atoms with E-state index in [0.29, 0.717) is 11.5 Å². The summed E-state index contributed by atoms with van der Waals surface area (Å²) in [5.41, 5.74) is 2.55. The van der Waals surface area contributed by atoms with Crippen LogP contribution in [-0.4, -0.2) is 31.1 Å². The molecule has 2 atom stereocenters. The van der Waals surface area contributed by atoms with Crippen molar-refractivity contribution < 1.29 is 4.74 Å². The monoisotopic (exact) mass is 282 g/mol. The Labute approximate surface area is 120 Å². The number of nitrogens with zero attached hydrogens (tertiary/aromatic N) is 4. The molecule has 1 aliphatic rings. The number of aromatic nitrogens is 5. The molecule has 0 aliphatic carbocycles. The van der Waals surface area contributed by atoms with Gasteiger partial charge in [-0.05, 0) is 24.5 Å². The highest BCUT2D eigenvalue weighted by Crippen LogP contribution is 2.32. The van der Waals surface area contributed by atoms with Gasteiger partial charge in [0, 0.05) is 12.4 Å². The van der Waals surface area contributed by atoms with E-state index in [4.69, 9.17) is 4.74 Å². The SMILES string of the molecule is c1cncc(C2CCC(Nc3ncnc4nc[nH]c34)O2)c1. The van der Waals surface area contributed by atoms with Crippen LogP contribution >= 0.6 is 0 Å². The first-order chi connectivity index (χ1) is 10.4. The van der Waals surface area contributed by atoms with Crippen LogP contribution < -0.4 is 5.32 Å². The molecular formula is C14H14N6O. The minimum atomic E-state index is -0.0726. The third-order valence-electron chi connectivity index (χ3n) is 3.60. The molecule has 1 fully saturated rings. The zero-order chi connectivity index (χ0) is 14.1. The maximum Gasteiger partial charge on any atom is 0.182 e. The van der Waals surface area contributed by atoms with Crippen LogP contribution in [0.5, 0.6) is 0 Å². The van der Waals surface area contributed by atoms with Gasteiger partial charge in [-0.25, -0.2) is 15.0 Å². The van der Waals surface area contributed by atoms with Crippen LogP contribution in [0, 0.1) is 0 Å². The number of ether oxygens (including phenoxy) is 1. The summed E-state index contributed by atoms with van der Waals surface area (Å²) >= 11 is 0. The van der Waals surface area contributed by atoms with Crippen LogP contribution in [0.25, 0.3) is 11.2 Å². The maximum atomic E-state index is 6.03. The maximum absolute atomic E-state index is 6.03. The van der Waals surface area contributed by atoms with Crippen molar-refractivity contribution >= 4 is 17.0 Å². The van der Waals surface area contributed by atoms with Crippen molar-refractivity contribution in [3.63, 3.8) is 0 Å². The van der Waals surface area contributed by atoms with Crippen LogP contribution in [0.3, 0.4) is 0 Å². The van der Waals surface area contributed by atoms with Crippen molar-refractivity contribution in [1.29, 1.82) is 0 Å². The molecule has 0 aromatic carbocycles. The molecule has 21 heavy (non-hydrogen) atoms. The lowest BCUT2D eigenvalue weighted by molar-refractivity contribution is 0.0602. The Morgan fingerprint density at radius 3 is 3.14 bits per heavy atom. The van der Waals surface area contributed by atoms with E-state index in [2.05, 4.69) is 30.2 Å². The van der Waals surface area contributed by atoms with Gasteiger partial charge in [0.15, 0.2) is 11.5 Å². The second-order valence-corrected chi connectivity index (χ2v) is 4.94. The zero-order valence-corrected chi connectivity index (χ0v) is 11.2. The average molecular weight is 282 g/mol. The highest BCUT2D eigenvalue weighted by Gasteiger charge is 2.27. The molecule has 7 heteroatoms. The molecule has 4 heterocycles. The Kier molecular flexibility index (Phi) is 2.97. The molecule has 0 bridgehead atoms. The molecule has 3 aromatic heterocycles. The van der Waals surface area contributed by atoms with Gasteiger partial charge >= 0.3 is 0 Å². The third-order valence-corrected chi connectivity index (χ3v) is 3.60. The Hall–Kier alpha value is -2.54. The Morgan fingerprint density at radius 2 is 2.24 bits per heavy atom. The van der Waals surface area contributed by atoms with E-state index in [0.717, 1.165) is 23.9 Å². The lowest BCUT2D eigenvalue weighted by Crippen LogP contribution is -2.19. The first kappa shape index (κ1) is 12.2. The lowest BCUT2D eigenvalue weighted by atomic mass is 10.1. The second-order valence-electron chi connectivity index (χ2n) is 4.94. The lowest BCUT2D eigenvalue weighted by Gasteiger charge is -2.15. The minimum absolute atomic E-state index is 0.0726. The zero-order valence-electron chi connectivity index (χ0n) is 11.2. The topological polar surface area (TPSA) is 88.6 Å². The Morgan fingerprint density at radius 1 is 1.24 bits per heavy atom. The van der Waals surface area contributed by atoms with E-state index in [-0.39, 0.29) is 12.3 Å². The predicted molar refractivity (Wildman–Crippen MR) is 76.4 cm³/mol. The fourth-order valence-corrected chi connectivity index (χ4v) is 2.58. The van der Waals surface area contributed by atoms with Gasteiger partial charge in [0.05, 0.1) is 12.4 Å². The molecule has 4 rings (SSSR count). The fourth-order valence-electron chi connectivity index (χ4n) is 2.58. The first-order valence-corrected chi connectivity index (χ1v) is 6.86. The normalized spacial score (nSPS) is 21.7. The molecule has 3 aromatic rings. The number of nitrogens with one attached hydrogen (secondary N) is 2. The summed E-state index contributed by atoms with van der Waals surface area (Å²) in [6.07, 6.45) is 8.61. The summed E-state index contributed by atoms with van der Waals surface area (Å²) in [4.78, 5) is 19.7. The Bertz CT molecular complexity index is 743. The van der Waals surface area contributed by atoms with Gasteiger partial charge in [0.25, 0.3) is 0 Å². The van der Waals surface area contributed by atoms with Crippen molar-refractivity contribution in [2.24, 2.45) is 0 Å². The summed E-state index contributed by atoms with van der Waals surface area (Å²) in [6, 6.07) is 3.97. The smallest absolute Gasteiger partial charge is 0.182 e. The van der Waals surface area contributed by atoms with Crippen LogP contribution in [0.15, 0.2) is 37.2 Å². The molecule has 0 radical (unpaired) electrons. The molecule has 7 nitrogen and oxygen atoms in total. The van der Waals surface area contributed by atoms with Gasteiger partial charge < -0.3 is 15.0 Å². The highest BCUT2D eigenvalue weighted by molar-refractivity contribution is 5.81. The highest BCUT2D eigenvalue weighted by atomic mass is 16.5. The summed E-state index contributed by atoms with van der Waals surface area (Å²) in [5, 5.41) is 3.30. The minimum Gasteiger partial charge on any atom is -0.351 e. The second kappa shape index (κ2) is 5.10. The number of aromatic amines is 1. The van der Waals surface area contributed by atoms with E-state index in [1.807, 2.05) is 18.3 Å². The van der Waals surface area contributed by atoms with E-state index in [9.17, 15) is 0 Å². The molecule has 2 unspecified atom stereocenters. The van der Waals surface area contributed by atoms with Crippen LogP contribution in [-0.2, 0) is 4.74 Å². The molecule has 106 valence electrons. The summed E-state index contributed by atoms with van der Waals surface area (Å²) in [7, 11) is 0. The molecule has 1 aliphatic heterocycles. The van der Waals surface area contributed by atoms with Crippen LogP contribution in [0.1, 0.15) is 24.5 Å². The number of hydrogen-bond donors (Lipinski definition) is 2. The van der Waals surface area contributed by atoms with Crippen molar-refractivity contribution in [1.82, 2.24) is 24.9 Å². The molecule has 0 amide bonds. The quantitative estimate of drug-likeness (QED) is 0.764.